The third-order valence-corrected chi connectivity index (χ3v) is 4.59. The summed E-state index contributed by atoms with van der Waals surface area (Å²) < 4.78 is 6.54. The zero-order valence-electron chi connectivity index (χ0n) is 16.4. The molecule has 0 unspecified atom stereocenters. The van der Waals surface area contributed by atoms with Crippen LogP contribution in [0.2, 0.25) is 0 Å². The number of hydrogen-bond donors (Lipinski definition) is 2. The Hall–Kier alpha value is -4.28. The Labute approximate surface area is 176 Å². The van der Waals surface area contributed by atoms with E-state index in [1.165, 1.54) is 18.0 Å². The number of rotatable bonds is 9. The van der Waals surface area contributed by atoms with E-state index in [1.54, 1.807) is 10.9 Å². The number of hydrogen-bond acceptors (Lipinski definition) is 8. The summed E-state index contributed by atoms with van der Waals surface area (Å²) in [6.45, 7) is 1.32. The van der Waals surface area contributed by atoms with Gasteiger partial charge in [-0.25, -0.2) is 14.6 Å². The highest BCUT2D eigenvalue weighted by molar-refractivity contribution is 5.91. The maximum Gasteiger partial charge on any atom is 0.433 e. The Morgan fingerprint density at radius 2 is 1.97 bits per heavy atom. The normalized spacial score (nSPS) is 10.8. The van der Waals surface area contributed by atoms with Crippen molar-refractivity contribution in [3.63, 3.8) is 0 Å². The highest BCUT2D eigenvalue weighted by atomic mass is 16.6. The SMILES string of the molecule is O=C(NCCn1ncc2c(NCCc3ccccc3)ncnc21)c1ccc([N+](=O)[O-])o1. The van der Waals surface area contributed by atoms with Crippen molar-refractivity contribution in [1.82, 2.24) is 25.1 Å². The zero-order valence-corrected chi connectivity index (χ0v) is 16.4. The summed E-state index contributed by atoms with van der Waals surface area (Å²) >= 11 is 0. The number of nitro groups is 1. The van der Waals surface area contributed by atoms with Crippen LogP contribution in [0, 0.1) is 10.1 Å². The minimum Gasteiger partial charge on any atom is -0.395 e. The summed E-state index contributed by atoms with van der Waals surface area (Å²) in [5.41, 5.74) is 1.87. The number of aromatic nitrogens is 4. The molecule has 0 fully saturated rings. The van der Waals surface area contributed by atoms with Crippen molar-refractivity contribution in [2.24, 2.45) is 0 Å². The third kappa shape index (κ3) is 4.66. The first-order chi connectivity index (χ1) is 15.1. The first-order valence-corrected chi connectivity index (χ1v) is 9.58. The van der Waals surface area contributed by atoms with Crippen molar-refractivity contribution in [3.05, 3.63) is 76.4 Å². The van der Waals surface area contributed by atoms with Crippen LogP contribution in [0.4, 0.5) is 11.7 Å². The standard InChI is InChI=1S/C20H19N7O4/c28-20(16-6-7-17(31-16)27(29)30)22-10-11-26-19-15(12-25-26)18(23-13-24-19)21-9-8-14-4-2-1-3-5-14/h1-7,12-13H,8-11H2,(H,22,28)(H,21,23,24). The molecule has 0 bridgehead atoms. The number of benzene rings is 1. The Balaban J connectivity index is 1.35. The van der Waals surface area contributed by atoms with Crippen LogP contribution < -0.4 is 10.6 Å². The Morgan fingerprint density at radius 3 is 2.74 bits per heavy atom. The fourth-order valence-corrected chi connectivity index (χ4v) is 3.08. The van der Waals surface area contributed by atoms with E-state index in [9.17, 15) is 14.9 Å². The number of carbonyl (C=O) groups excluding carboxylic acids is 1. The highest BCUT2D eigenvalue weighted by Crippen LogP contribution is 2.19. The maximum absolute atomic E-state index is 12.1. The summed E-state index contributed by atoms with van der Waals surface area (Å²) in [6.07, 6.45) is 4.00. The van der Waals surface area contributed by atoms with Gasteiger partial charge < -0.3 is 15.1 Å². The number of anilines is 1. The molecule has 1 aromatic carbocycles. The van der Waals surface area contributed by atoms with E-state index in [0.29, 0.717) is 24.6 Å². The van der Waals surface area contributed by atoms with E-state index in [-0.39, 0.29) is 12.3 Å². The molecule has 0 aliphatic heterocycles. The second-order valence-electron chi connectivity index (χ2n) is 6.64. The first kappa shape index (κ1) is 20.0. The molecule has 3 aromatic heterocycles. The molecular formula is C20H19N7O4. The quantitative estimate of drug-likeness (QED) is 0.310. The monoisotopic (exact) mass is 421 g/mol. The number of amides is 1. The Morgan fingerprint density at radius 1 is 1.13 bits per heavy atom. The summed E-state index contributed by atoms with van der Waals surface area (Å²) in [7, 11) is 0. The average Bonchev–Trinajstić information content (AvgIpc) is 3.43. The molecule has 1 amide bonds. The smallest absolute Gasteiger partial charge is 0.395 e. The van der Waals surface area contributed by atoms with E-state index in [2.05, 4.69) is 37.8 Å². The predicted molar refractivity (Wildman–Crippen MR) is 112 cm³/mol. The van der Waals surface area contributed by atoms with Crippen LogP contribution in [-0.2, 0) is 13.0 Å². The van der Waals surface area contributed by atoms with Gasteiger partial charge in [0.15, 0.2) is 11.4 Å². The Kier molecular flexibility index (Phi) is 5.83. The van der Waals surface area contributed by atoms with E-state index in [1.807, 2.05) is 18.2 Å². The van der Waals surface area contributed by atoms with Crippen LogP contribution in [0.3, 0.4) is 0 Å². The van der Waals surface area contributed by atoms with Crippen LogP contribution in [0.15, 0.2) is 59.4 Å². The number of nitrogens with one attached hydrogen (secondary N) is 2. The zero-order chi connectivity index (χ0) is 21.6. The summed E-state index contributed by atoms with van der Waals surface area (Å²) in [5, 5.41) is 21.7. The largest absolute Gasteiger partial charge is 0.433 e. The molecule has 0 spiro atoms. The molecule has 0 saturated carbocycles. The van der Waals surface area contributed by atoms with Gasteiger partial charge in [-0.05, 0) is 18.1 Å². The van der Waals surface area contributed by atoms with Crippen molar-refractivity contribution >= 4 is 28.6 Å². The predicted octanol–water partition coefficient (Wildman–Crippen LogP) is 2.41. The topological polar surface area (TPSA) is 141 Å². The van der Waals surface area contributed by atoms with Crippen LogP contribution in [-0.4, -0.2) is 43.7 Å². The van der Waals surface area contributed by atoms with Gasteiger partial charge in [0.1, 0.15) is 17.1 Å². The second-order valence-corrected chi connectivity index (χ2v) is 6.64. The molecule has 0 aliphatic carbocycles. The molecule has 4 aromatic rings. The minimum atomic E-state index is -0.697. The molecule has 11 nitrogen and oxygen atoms in total. The van der Waals surface area contributed by atoms with Crippen molar-refractivity contribution < 1.29 is 14.1 Å². The van der Waals surface area contributed by atoms with Gasteiger partial charge >= 0.3 is 5.88 Å². The number of fused-ring (bicyclic) bond motifs is 1. The van der Waals surface area contributed by atoms with E-state index in [4.69, 9.17) is 4.42 Å². The molecular weight excluding hydrogens is 402 g/mol. The molecule has 0 aliphatic rings. The molecule has 2 N–H and O–H groups in total. The van der Waals surface area contributed by atoms with Gasteiger partial charge in [0.25, 0.3) is 5.91 Å². The summed E-state index contributed by atoms with van der Waals surface area (Å²) in [5.74, 6) is -0.446. The lowest BCUT2D eigenvalue weighted by Gasteiger charge is -2.07. The molecule has 3 heterocycles. The summed E-state index contributed by atoms with van der Waals surface area (Å²) in [4.78, 5) is 30.6. The van der Waals surface area contributed by atoms with Crippen LogP contribution in [0.25, 0.3) is 11.0 Å². The lowest BCUT2D eigenvalue weighted by atomic mass is 10.1. The van der Waals surface area contributed by atoms with Crippen molar-refractivity contribution in [1.29, 1.82) is 0 Å². The minimum absolute atomic E-state index is 0.121. The average molecular weight is 421 g/mol. The van der Waals surface area contributed by atoms with Crippen LogP contribution in [0.5, 0.6) is 0 Å². The van der Waals surface area contributed by atoms with Gasteiger partial charge in [-0.3, -0.25) is 14.9 Å². The summed E-state index contributed by atoms with van der Waals surface area (Å²) in [6, 6.07) is 12.5. The first-order valence-electron chi connectivity index (χ1n) is 9.58. The lowest BCUT2D eigenvalue weighted by Crippen LogP contribution is -2.27. The fourth-order valence-electron chi connectivity index (χ4n) is 3.08. The van der Waals surface area contributed by atoms with Gasteiger partial charge in [-0.2, -0.15) is 5.10 Å². The van der Waals surface area contributed by atoms with Crippen LogP contribution in [0.1, 0.15) is 16.1 Å². The maximum atomic E-state index is 12.1. The van der Waals surface area contributed by atoms with Crippen molar-refractivity contribution in [2.45, 2.75) is 13.0 Å². The van der Waals surface area contributed by atoms with Gasteiger partial charge in [-0.1, -0.05) is 30.3 Å². The molecule has 31 heavy (non-hydrogen) atoms. The molecule has 0 radical (unpaired) electrons. The van der Waals surface area contributed by atoms with Crippen molar-refractivity contribution in [3.8, 4) is 0 Å². The van der Waals surface area contributed by atoms with Gasteiger partial charge in [-0.15, -0.1) is 0 Å². The van der Waals surface area contributed by atoms with E-state index >= 15 is 0 Å². The molecule has 0 saturated heterocycles. The van der Waals surface area contributed by atoms with Gasteiger partial charge in [0.05, 0.1) is 24.2 Å². The third-order valence-electron chi connectivity index (χ3n) is 4.59. The number of furan rings is 1. The van der Waals surface area contributed by atoms with Crippen molar-refractivity contribution in [2.75, 3.05) is 18.4 Å². The second kappa shape index (κ2) is 9.03. The Bertz CT molecular complexity index is 1200. The van der Waals surface area contributed by atoms with Crippen LogP contribution >= 0.6 is 0 Å². The van der Waals surface area contributed by atoms with Gasteiger partial charge in [0, 0.05) is 13.1 Å². The van der Waals surface area contributed by atoms with E-state index < -0.39 is 16.7 Å². The van der Waals surface area contributed by atoms with E-state index in [0.717, 1.165) is 17.9 Å². The number of nitrogens with zero attached hydrogens (tertiary/aromatic N) is 5. The fraction of sp³-hybridized carbons (Fsp3) is 0.200. The highest BCUT2D eigenvalue weighted by Gasteiger charge is 2.17. The molecule has 4 rings (SSSR count). The van der Waals surface area contributed by atoms with Gasteiger partial charge in [0.2, 0.25) is 0 Å². The lowest BCUT2D eigenvalue weighted by molar-refractivity contribution is -0.402. The molecule has 0 atom stereocenters. The number of carbonyl (C=O) groups is 1. The molecule has 11 heteroatoms. The molecule has 158 valence electrons.